The first-order chi connectivity index (χ1) is 14.0. The first-order valence-electron chi connectivity index (χ1n) is 8.55. The van der Waals surface area contributed by atoms with Crippen LogP contribution in [0.1, 0.15) is 17.3 Å². The van der Waals surface area contributed by atoms with Crippen molar-refractivity contribution in [2.45, 2.75) is 6.92 Å². The second-order valence-electron chi connectivity index (χ2n) is 6.28. The number of benzene rings is 2. The number of hydrogen-bond acceptors (Lipinski definition) is 6. The molecule has 2 heterocycles. The van der Waals surface area contributed by atoms with Crippen molar-refractivity contribution in [2.75, 3.05) is 5.73 Å². The Labute approximate surface area is 176 Å². The van der Waals surface area contributed by atoms with Gasteiger partial charge in [-0.2, -0.15) is 4.68 Å². The van der Waals surface area contributed by atoms with Crippen LogP contribution in [0.3, 0.4) is 0 Å². The van der Waals surface area contributed by atoms with Crippen LogP contribution in [-0.2, 0) is 0 Å². The molecule has 0 aliphatic carbocycles. The van der Waals surface area contributed by atoms with Gasteiger partial charge in [0.1, 0.15) is 5.82 Å². The molecule has 4 rings (SSSR count). The number of aromatic nitrogens is 5. The molecule has 0 saturated heterocycles. The molecule has 2 N–H and O–H groups in total. The zero-order chi connectivity index (χ0) is 20.5. The number of carbonyl (C=O) groups is 1. The van der Waals surface area contributed by atoms with Crippen LogP contribution in [-0.4, -0.2) is 31.0 Å². The highest BCUT2D eigenvalue weighted by Crippen LogP contribution is 2.33. The van der Waals surface area contributed by atoms with Gasteiger partial charge in [-0.3, -0.25) is 4.79 Å². The number of pyridine rings is 1. The predicted octanol–water partition coefficient (Wildman–Crippen LogP) is 4.48. The van der Waals surface area contributed by atoms with E-state index in [1.165, 1.54) is 11.6 Å². The molecule has 0 fully saturated rings. The second kappa shape index (κ2) is 7.62. The van der Waals surface area contributed by atoms with Gasteiger partial charge in [-0.05, 0) is 41.1 Å². The Morgan fingerprint density at radius 2 is 1.83 bits per heavy atom. The number of carbonyl (C=O) groups excluding carboxylic acids is 1. The smallest absolute Gasteiger partial charge is 0.190 e. The molecule has 0 atom stereocenters. The van der Waals surface area contributed by atoms with Crippen molar-refractivity contribution in [1.82, 2.24) is 25.2 Å². The molecular weight excluding hydrogens is 411 g/mol. The first-order valence-corrected chi connectivity index (χ1v) is 9.31. The maximum atomic E-state index is 11.5. The summed E-state index contributed by atoms with van der Waals surface area (Å²) in [5, 5.41) is 12.6. The minimum atomic E-state index is 0.00486. The summed E-state index contributed by atoms with van der Waals surface area (Å²) < 4.78 is 1.46. The second-order valence-corrected chi connectivity index (χ2v) is 7.06. The average molecular weight is 425 g/mol. The van der Waals surface area contributed by atoms with Crippen LogP contribution in [0.4, 0.5) is 5.82 Å². The molecule has 0 aliphatic rings. The fourth-order valence-corrected chi connectivity index (χ4v) is 3.26. The van der Waals surface area contributed by atoms with Gasteiger partial charge in [0, 0.05) is 17.3 Å². The molecule has 0 aliphatic heterocycles. The largest absolute Gasteiger partial charge is 0.383 e. The normalized spacial score (nSPS) is 10.9. The van der Waals surface area contributed by atoms with Crippen molar-refractivity contribution >= 4 is 34.8 Å². The van der Waals surface area contributed by atoms with Crippen LogP contribution >= 0.6 is 23.2 Å². The predicted molar refractivity (Wildman–Crippen MR) is 112 cm³/mol. The molecule has 0 radical (unpaired) electrons. The topological polar surface area (TPSA) is 99.6 Å². The Morgan fingerprint density at radius 3 is 2.55 bits per heavy atom. The highest BCUT2D eigenvalue weighted by molar-refractivity contribution is 6.43. The molecule has 0 saturated carbocycles. The molecule has 0 spiro atoms. The lowest BCUT2D eigenvalue weighted by molar-refractivity contribution is 0.101. The molecule has 0 bridgehead atoms. The van der Waals surface area contributed by atoms with Gasteiger partial charge in [-0.25, -0.2) is 4.98 Å². The molecule has 0 unspecified atom stereocenters. The van der Waals surface area contributed by atoms with Gasteiger partial charge in [-0.15, -0.1) is 5.10 Å². The Hall–Kier alpha value is -3.29. The number of tetrazole rings is 1. The Morgan fingerprint density at radius 1 is 1.07 bits per heavy atom. The van der Waals surface area contributed by atoms with Crippen molar-refractivity contribution in [1.29, 1.82) is 0 Å². The summed E-state index contributed by atoms with van der Waals surface area (Å²) in [6.07, 6.45) is 1.65. The van der Waals surface area contributed by atoms with Gasteiger partial charge in [0.05, 0.1) is 21.3 Å². The number of anilines is 1. The van der Waals surface area contributed by atoms with E-state index in [0.717, 1.165) is 11.1 Å². The number of nitrogens with two attached hydrogens (primary N) is 1. The molecule has 2 aromatic carbocycles. The summed E-state index contributed by atoms with van der Waals surface area (Å²) >= 11 is 12.5. The van der Waals surface area contributed by atoms with Gasteiger partial charge < -0.3 is 5.73 Å². The minimum Gasteiger partial charge on any atom is -0.383 e. The first kappa shape index (κ1) is 19.0. The maximum Gasteiger partial charge on any atom is 0.190 e. The molecule has 29 heavy (non-hydrogen) atoms. The van der Waals surface area contributed by atoms with E-state index >= 15 is 0 Å². The summed E-state index contributed by atoms with van der Waals surface area (Å²) in [5.41, 5.74) is 9.49. The Bertz CT molecular complexity index is 1220. The van der Waals surface area contributed by atoms with E-state index in [9.17, 15) is 4.79 Å². The fourth-order valence-electron chi connectivity index (χ4n) is 2.88. The molecule has 4 aromatic rings. The molecule has 7 nitrogen and oxygen atoms in total. The summed E-state index contributed by atoms with van der Waals surface area (Å²) in [6, 6.07) is 14.3. The third-order valence-electron chi connectivity index (χ3n) is 4.41. The average Bonchev–Trinajstić information content (AvgIpc) is 3.20. The fraction of sp³-hybridized carbons (Fsp3) is 0.0500. The molecule has 0 amide bonds. The summed E-state index contributed by atoms with van der Waals surface area (Å²) in [4.78, 5) is 15.8. The van der Waals surface area contributed by atoms with E-state index in [1.807, 2.05) is 18.2 Å². The van der Waals surface area contributed by atoms with Crippen molar-refractivity contribution in [3.8, 4) is 28.2 Å². The third kappa shape index (κ3) is 3.57. The third-order valence-corrected chi connectivity index (χ3v) is 5.22. The van der Waals surface area contributed by atoms with E-state index < -0.39 is 0 Å². The molecular formula is C20H14Cl2N6O. The molecule has 2 aromatic heterocycles. The monoisotopic (exact) mass is 424 g/mol. The number of nitrogens with zero attached hydrogens (tertiary/aromatic N) is 5. The quantitative estimate of drug-likeness (QED) is 0.484. The van der Waals surface area contributed by atoms with Crippen molar-refractivity contribution in [3.05, 3.63) is 70.3 Å². The number of nitrogen functional groups attached to an aromatic ring is 1. The minimum absolute atomic E-state index is 0.00486. The van der Waals surface area contributed by atoms with Crippen LogP contribution < -0.4 is 5.73 Å². The summed E-state index contributed by atoms with van der Waals surface area (Å²) in [7, 11) is 0. The standard InChI is InChI=1S/C20H14Cl2N6O/c1-11(29)12-5-7-13(8-6-12)14-9-15(19(23)24-10-14)20-25-26-27-28(20)17-4-2-3-16(21)18(17)22/h2-10H,1H3,(H2,23,24). The lowest BCUT2D eigenvalue weighted by Gasteiger charge is -2.10. The highest BCUT2D eigenvalue weighted by Gasteiger charge is 2.18. The summed E-state index contributed by atoms with van der Waals surface area (Å²) in [6.45, 7) is 1.53. The number of Topliss-reactive ketones (excluding diaryl/α,β-unsaturated/α-hetero) is 1. The SMILES string of the molecule is CC(=O)c1ccc(-c2cnc(N)c(-c3nnnn3-c3cccc(Cl)c3Cl)c2)cc1. The highest BCUT2D eigenvalue weighted by atomic mass is 35.5. The van der Waals surface area contributed by atoms with Crippen LogP contribution in [0.25, 0.3) is 28.2 Å². The number of halogens is 2. The van der Waals surface area contributed by atoms with Crippen molar-refractivity contribution < 1.29 is 4.79 Å². The van der Waals surface area contributed by atoms with Gasteiger partial charge >= 0.3 is 0 Å². The maximum absolute atomic E-state index is 11.5. The van der Waals surface area contributed by atoms with Crippen LogP contribution in [0, 0.1) is 0 Å². The zero-order valence-corrected chi connectivity index (χ0v) is 16.7. The van der Waals surface area contributed by atoms with E-state index in [1.54, 1.807) is 36.5 Å². The van der Waals surface area contributed by atoms with Gasteiger partial charge in [0.15, 0.2) is 11.6 Å². The van der Waals surface area contributed by atoms with E-state index in [-0.39, 0.29) is 11.6 Å². The van der Waals surface area contributed by atoms with Crippen LogP contribution in [0.5, 0.6) is 0 Å². The zero-order valence-electron chi connectivity index (χ0n) is 15.2. The van der Waals surface area contributed by atoms with Crippen molar-refractivity contribution in [3.63, 3.8) is 0 Å². The van der Waals surface area contributed by atoms with Crippen molar-refractivity contribution in [2.24, 2.45) is 0 Å². The Kier molecular flexibility index (Phi) is 5.00. The lowest BCUT2D eigenvalue weighted by Crippen LogP contribution is -2.04. The van der Waals surface area contributed by atoms with Gasteiger partial charge in [-0.1, -0.05) is 53.5 Å². The molecule has 144 valence electrons. The van der Waals surface area contributed by atoms with E-state index in [4.69, 9.17) is 28.9 Å². The lowest BCUT2D eigenvalue weighted by atomic mass is 10.0. The Balaban J connectivity index is 1.81. The number of rotatable bonds is 4. The molecule has 9 heteroatoms. The van der Waals surface area contributed by atoms with Gasteiger partial charge in [0.2, 0.25) is 0 Å². The van der Waals surface area contributed by atoms with E-state index in [2.05, 4.69) is 20.5 Å². The summed E-state index contributed by atoms with van der Waals surface area (Å²) in [5.74, 6) is 0.648. The van der Waals surface area contributed by atoms with Gasteiger partial charge in [0.25, 0.3) is 0 Å². The van der Waals surface area contributed by atoms with E-state index in [0.29, 0.717) is 32.7 Å². The van der Waals surface area contributed by atoms with Crippen LogP contribution in [0.15, 0.2) is 54.7 Å². The van der Waals surface area contributed by atoms with Crippen LogP contribution in [0.2, 0.25) is 10.0 Å². The number of ketones is 1. The number of hydrogen-bond donors (Lipinski definition) is 1.